The summed E-state index contributed by atoms with van der Waals surface area (Å²) in [6.07, 6.45) is -2.98. The van der Waals surface area contributed by atoms with Gasteiger partial charge in [0.25, 0.3) is 5.91 Å². The topological polar surface area (TPSA) is 88.6 Å². The van der Waals surface area contributed by atoms with Crippen molar-refractivity contribution in [2.75, 3.05) is 11.5 Å². The molecule has 7 nitrogen and oxygen atoms in total. The van der Waals surface area contributed by atoms with Gasteiger partial charge in [-0.15, -0.1) is 0 Å². The monoisotopic (exact) mass is 407 g/mol. The Morgan fingerprint density at radius 2 is 1.86 bits per heavy atom. The number of nitrogens with zero attached hydrogens (tertiary/aromatic N) is 2. The number of imide groups is 1. The van der Waals surface area contributed by atoms with Crippen LogP contribution in [-0.2, 0) is 16.1 Å². The van der Waals surface area contributed by atoms with Crippen molar-refractivity contribution in [2.45, 2.75) is 25.6 Å². The van der Waals surface area contributed by atoms with Crippen molar-refractivity contribution in [3.8, 4) is 5.88 Å². The number of nitrogens with one attached hydrogen (secondary N) is 1. The quantitative estimate of drug-likeness (QED) is 0.744. The first kappa shape index (κ1) is 20.3. The Kier molecular flexibility index (Phi) is 5.81. The molecule has 1 fully saturated rings. The van der Waals surface area contributed by atoms with Gasteiger partial charge in [0.1, 0.15) is 0 Å². The summed E-state index contributed by atoms with van der Waals surface area (Å²) < 4.78 is 41.7. The minimum absolute atomic E-state index is 0.119. The van der Waals surface area contributed by atoms with Crippen molar-refractivity contribution in [1.29, 1.82) is 0 Å². The third kappa shape index (κ3) is 5.09. The number of anilines is 1. The highest BCUT2D eigenvalue weighted by atomic mass is 19.4. The highest BCUT2D eigenvalue weighted by molar-refractivity contribution is 6.20. The highest BCUT2D eigenvalue weighted by Gasteiger charge is 2.31. The molecule has 2 heterocycles. The minimum atomic E-state index is -4.51. The maximum absolute atomic E-state index is 12.4. The van der Waals surface area contributed by atoms with Gasteiger partial charge in [0.05, 0.1) is 5.69 Å². The number of rotatable bonds is 6. The van der Waals surface area contributed by atoms with Crippen LogP contribution in [0.4, 0.5) is 18.9 Å². The van der Waals surface area contributed by atoms with Crippen LogP contribution in [0.3, 0.4) is 0 Å². The maximum Gasteiger partial charge on any atom is 0.422 e. The lowest BCUT2D eigenvalue weighted by Gasteiger charge is -2.15. The molecule has 0 atom stereocenters. The molecular formula is C19H16F3N3O4. The molecule has 1 saturated heterocycles. The first-order valence-corrected chi connectivity index (χ1v) is 8.62. The number of alkyl halides is 3. The van der Waals surface area contributed by atoms with E-state index in [1.807, 2.05) is 0 Å². The Balaban J connectivity index is 1.68. The zero-order valence-corrected chi connectivity index (χ0v) is 15.0. The summed E-state index contributed by atoms with van der Waals surface area (Å²) in [5.74, 6) is -1.44. The minimum Gasteiger partial charge on any atom is -0.468 e. The number of carbonyl (C=O) groups excluding carboxylic acids is 3. The van der Waals surface area contributed by atoms with Crippen LogP contribution in [0.15, 0.2) is 42.6 Å². The summed E-state index contributed by atoms with van der Waals surface area (Å²) >= 11 is 0. The molecule has 152 valence electrons. The number of pyridine rings is 1. The Bertz CT molecular complexity index is 930. The highest BCUT2D eigenvalue weighted by Crippen LogP contribution is 2.24. The number of halogens is 3. The molecule has 0 bridgehead atoms. The van der Waals surface area contributed by atoms with Crippen LogP contribution >= 0.6 is 0 Å². The van der Waals surface area contributed by atoms with Crippen molar-refractivity contribution < 1.29 is 32.3 Å². The zero-order valence-electron chi connectivity index (χ0n) is 15.0. The van der Waals surface area contributed by atoms with Gasteiger partial charge in [-0.25, -0.2) is 4.98 Å². The molecular weight excluding hydrogens is 391 g/mol. The summed E-state index contributed by atoms with van der Waals surface area (Å²) in [6.45, 7) is -1.61. The average molecular weight is 407 g/mol. The molecule has 0 radical (unpaired) electrons. The van der Waals surface area contributed by atoms with E-state index in [0.29, 0.717) is 5.69 Å². The van der Waals surface area contributed by atoms with Crippen LogP contribution in [0.1, 0.15) is 28.8 Å². The fourth-order valence-corrected chi connectivity index (χ4v) is 2.77. The first-order chi connectivity index (χ1) is 13.7. The molecule has 2 aromatic rings. The van der Waals surface area contributed by atoms with Gasteiger partial charge in [-0.2, -0.15) is 13.2 Å². The predicted octanol–water partition coefficient (Wildman–Crippen LogP) is 2.61. The number of hydrogen-bond donors (Lipinski definition) is 1. The van der Waals surface area contributed by atoms with Gasteiger partial charge in [0, 0.05) is 36.7 Å². The van der Waals surface area contributed by atoms with E-state index >= 15 is 0 Å². The number of amides is 3. The molecule has 0 aliphatic carbocycles. The zero-order chi connectivity index (χ0) is 21.0. The third-order valence-corrected chi connectivity index (χ3v) is 4.08. The lowest BCUT2D eigenvalue weighted by molar-refractivity contribution is -0.154. The molecule has 0 spiro atoms. The third-order valence-electron chi connectivity index (χ3n) is 4.08. The van der Waals surface area contributed by atoms with Crippen molar-refractivity contribution in [2.24, 2.45) is 0 Å². The smallest absolute Gasteiger partial charge is 0.422 e. The molecule has 1 aromatic carbocycles. The average Bonchev–Trinajstić information content (AvgIpc) is 3.02. The predicted molar refractivity (Wildman–Crippen MR) is 95.1 cm³/mol. The van der Waals surface area contributed by atoms with Crippen molar-refractivity contribution in [3.05, 3.63) is 53.7 Å². The number of carbonyl (C=O) groups is 3. The van der Waals surface area contributed by atoms with Crippen LogP contribution in [0.2, 0.25) is 0 Å². The van der Waals surface area contributed by atoms with E-state index in [9.17, 15) is 27.6 Å². The largest absolute Gasteiger partial charge is 0.468 e. The number of ether oxygens (including phenoxy) is 1. The van der Waals surface area contributed by atoms with Crippen LogP contribution in [0.25, 0.3) is 0 Å². The number of benzene rings is 1. The van der Waals surface area contributed by atoms with Crippen LogP contribution < -0.4 is 15.0 Å². The first-order valence-electron chi connectivity index (χ1n) is 8.62. The molecule has 0 unspecified atom stereocenters. The van der Waals surface area contributed by atoms with Gasteiger partial charge >= 0.3 is 6.18 Å². The van der Waals surface area contributed by atoms with Gasteiger partial charge in [0.15, 0.2) is 6.61 Å². The van der Waals surface area contributed by atoms with Gasteiger partial charge < -0.3 is 10.1 Å². The van der Waals surface area contributed by atoms with E-state index in [2.05, 4.69) is 15.0 Å². The van der Waals surface area contributed by atoms with Crippen molar-refractivity contribution in [1.82, 2.24) is 10.3 Å². The van der Waals surface area contributed by atoms with E-state index in [0.717, 1.165) is 4.90 Å². The SMILES string of the molecule is O=C(NCc1cccnc1OCC(F)(F)F)c1cccc(N2C(=O)CCC2=O)c1. The summed E-state index contributed by atoms with van der Waals surface area (Å²) in [7, 11) is 0. The van der Waals surface area contributed by atoms with E-state index in [1.165, 1.54) is 36.5 Å². The lowest BCUT2D eigenvalue weighted by atomic mass is 10.1. The van der Waals surface area contributed by atoms with Crippen molar-refractivity contribution in [3.63, 3.8) is 0 Å². The van der Waals surface area contributed by atoms with Gasteiger partial charge in [-0.3, -0.25) is 19.3 Å². The van der Waals surface area contributed by atoms with Crippen LogP contribution in [0, 0.1) is 0 Å². The Morgan fingerprint density at radius 3 is 2.55 bits per heavy atom. The second-order valence-electron chi connectivity index (χ2n) is 6.23. The summed E-state index contributed by atoms with van der Waals surface area (Å²) in [6, 6.07) is 8.96. The molecule has 1 aliphatic rings. The van der Waals surface area contributed by atoms with Gasteiger partial charge in [0.2, 0.25) is 17.7 Å². The Hall–Kier alpha value is -3.43. The molecule has 3 amide bonds. The lowest BCUT2D eigenvalue weighted by Crippen LogP contribution is -2.29. The second-order valence-corrected chi connectivity index (χ2v) is 6.23. The Morgan fingerprint density at radius 1 is 1.14 bits per heavy atom. The van der Waals surface area contributed by atoms with E-state index in [1.54, 1.807) is 6.07 Å². The fraction of sp³-hybridized carbons (Fsp3) is 0.263. The van der Waals surface area contributed by atoms with Crippen molar-refractivity contribution >= 4 is 23.4 Å². The van der Waals surface area contributed by atoms with Crippen LogP contribution in [0.5, 0.6) is 5.88 Å². The molecule has 0 saturated carbocycles. The molecule has 3 rings (SSSR count). The molecule has 29 heavy (non-hydrogen) atoms. The van der Waals surface area contributed by atoms with E-state index in [4.69, 9.17) is 0 Å². The number of hydrogen-bond acceptors (Lipinski definition) is 5. The standard InChI is InChI=1S/C19H16F3N3O4/c20-19(21,22)11-29-18-13(4-2-8-23-18)10-24-17(28)12-3-1-5-14(9-12)25-15(26)6-7-16(25)27/h1-5,8-9H,6-7,10-11H2,(H,24,28). The van der Waals surface area contributed by atoms with Crippen LogP contribution in [-0.4, -0.2) is 35.5 Å². The molecule has 10 heteroatoms. The van der Waals surface area contributed by atoms with Gasteiger partial charge in [-0.1, -0.05) is 12.1 Å². The summed E-state index contributed by atoms with van der Waals surface area (Å²) in [4.78, 5) is 40.9. The normalized spacial score (nSPS) is 14.2. The Labute approximate surface area is 163 Å². The van der Waals surface area contributed by atoms with E-state index in [-0.39, 0.29) is 48.2 Å². The maximum atomic E-state index is 12.4. The summed E-state index contributed by atoms with van der Waals surface area (Å²) in [5.41, 5.74) is 0.753. The fourth-order valence-electron chi connectivity index (χ4n) is 2.77. The van der Waals surface area contributed by atoms with Gasteiger partial charge in [-0.05, 0) is 24.3 Å². The molecule has 1 N–H and O–H groups in total. The molecule has 1 aromatic heterocycles. The summed E-state index contributed by atoms with van der Waals surface area (Å²) in [5, 5.41) is 2.56. The second kappa shape index (κ2) is 8.29. The number of aromatic nitrogens is 1. The molecule has 1 aliphatic heterocycles. The van der Waals surface area contributed by atoms with E-state index < -0.39 is 18.7 Å².